The van der Waals surface area contributed by atoms with Crippen molar-refractivity contribution in [3.05, 3.63) is 29.1 Å². The molecule has 0 unspecified atom stereocenters. The van der Waals surface area contributed by atoms with Crippen LogP contribution >= 0.6 is 0 Å². The van der Waals surface area contributed by atoms with Crippen molar-refractivity contribution in [2.75, 3.05) is 6.61 Å². The Labute approximate surface area is 98.4 Å². The van der Waals surface area contributed by atoms with E-state index in [0.717, 1.165) is 12.1 Å². The first-order valence-electron chi connectivity index (χ1n) is 4.77. The lowest BCUT2D eigenvalue weighted by Crippen LogP contribution is -2.16. The summed E-state index contributed by atoms with van der Waals surface area (Å²) in [7, 11) is -4.07. The highest BCUT2D eigenvalue weighted by atomic mass is 32.2. The van der Waals surface area contributed by atoms with Crippen LogP contribution in [-0.4, -0.2) is 21.0 Å². The van der Waals surface area contributed by atoms with Crippen LogP contribution in [0.5, 0.6) is 0 Å². The summed E-state index contributed by atoms with van der Waals surface area (Å²) in [6, 6.07) is 1.92. The summed E-state index contributed by atoms with van der Waals surface area (Å²) in [6.45, 7) is 2.96. The molecule has 0 saturated heterocycles. The Bertz CT molecular complexity index is 554. The van der Waals surface area contributed by atoms with Crippen LogP contribution in [0.25, 0.3) is 0 Å². The lowest BCUT2D eigenvalue weighted by Gasteiger charge is -2.08. The summed E-state index contributed by atoms with van der Waals surface area (Å²) in [5.41, 5.74) is -0.306. The van der Waals surface area contributed by atoms with E-state index in [0.29, 0.717) is 0 Å². The van der Waals surface area contributed by atoms with Gasteiger partial charge in [-0.25, -0.2) is 22.7 Å². The highest BCUT2D eigenvalue weighted by molar-refractivity contribution is 7.89. The number of sulfonamides is 1. The molecule has 2 N–H and O–H groups in total. The molecule has 0 aromatic heterocycles. The predicted octanol–water partition coefficient (Wildman–Crippen LogP) is 0.958. The quantitative estimate of drug-likeness (QED) is 0.821. The number of carbonyl (C=O) groups is 1. The van der Waals surface area contributed by atoms with Gasteiger partial charge in [0.25, 0.3) is 0 Å². The van der Waals surface area contributed by atoms with Crippen molar-refractivity contribution in [2.24, 2.45) is 5.14 Å². The molecule has 0 radical (unpaired) electrons. The molecular formula is C10H12FNO4S. The maximum atomic E-state index is 13.4. The lowest BCUT2D eigenvalue weighted by atomic mass is 10.1. The van der Waals surface area contributed by atoms with E-state index in [-0.39, 0.29) is 17.7 Å². The Morgan fingerprint density at radius 1 is 1.47 bits per heavy atom. The molecule has 5 nitrogen and oxygen atoms in total. The second kappa shape index (κ2) is 4.80. The fraction of sp³-hybridized carbons (Fsp3) is 0.300. The molecule has 0 aliphatic rings. The number of carbonyl (C=O) groups excluding carboxylic acids is 1. The Hall–Kier alpha value is -1.47. The molecule has 94 valence electrons. The molecule has 0 heterocycles. The summed E-state index contributed by atoms with van der Waals surface area (Å²) in [5.74, 6) is -1.61. The van der Waals surface area contributed by atoms with Crippen molar-refractivity contribution in [3.8, 4) is 0 Å². The van der Waals surface area contributed by atoms with E-state index in [1.807, 2.05) is 0 Å². The van der Waals surface area contributed by atoms with Gasteiger partial charge in [0.1, 0.15) is 5.82 Å². The summed E-state index contributed by atoms with van der Waals surface area (Å²) in [4.78, 5) is 10.9. The molecule has 17 heavy (non-hydrogen) atoms. The third-order valence-electron chi connectivity index (χ3n) is 2.11. The molecule has 0 aliphatic carbocycles. The lowest BCUT2D eigenvalue weighted by molar-refractivity contribution is 0.0525. The number of ether oxygens (including phenoxy) is 1. The van der Waals surface area contributed by atoms with Gasteiger partial charge in [-0.3, -0.25) is 0 Å². The Kier molecular flexibility index (Phi) is 3.84. The number of rotatable bonds is 3. The van der Waals surface area contributed by atoms with Crippen LogP contribution in [0.4, 0.5) is 4.39 Å². The smallest absolute Gasteiger partial charge is 0.338 e. The predicted molar refractivity (Wildman–Crippen MR) is 58.5 cm³/mol. The van der Waals surface area contributed by atoms with Crippen molar-refractivity contribution >= 4 is 16.0 Å². The first-order valence-corrected chi connectivity index (χ1v) is 6.32. The second-order valence-corrected chi connectivity index (χ2v) is 4.88. The van der Waals surface area contributed by atoms with Crippen molar-refractivity contribution in [2.45, 2.75) is 18.7 Å². The molecule has 0 bridgehead atoms. The average molecular weight is 261 g/mol. The van der Waals surface area contributed by atoms with Gasteiger partial charge < -0.3 is 4.74 Å². The number of hydrogen-bond donors (Lipinski definition) is 1. The van der Waals surface area contributed by atoms with E-state index in [9.17, 15) is 17.6 Å². The zero-order valence-electron chi connectivity index (χ0n) is 9.36. The Morgan fingerprint density at radius 2 is 2.06 bits per heavy atom. The van der Waals surface area contributed by atoms with Gasteiger partial charge in [-0.05, 0) is 26.0 Å². The number of benzene rings is 1. The second-order valence-electron chi connectivity index (χ2n) is 3.35. The van der Waals surface area contributed by atoms with Gasteiger partial charge in [0.15, 0.2) is 0 Å². The Balaban J connectivity index is 3.39. The standard InChI is InChI=1S/C10H12FNO4S/c1-3-16-10(13)7-4-8(11)6(2)9(5-7)17(12,14)15/h4-5H,3H2,1-2H3,(H2,12,14,15). The minimum Gasteiger partial charge on any atom is -0.462 e. The summed E-state index contributed by atoms with van der Waals surface area (Å²) in [5, 5.41) is 4.92. The van der Waals surface area contributed by atoms with E-state index in [2.05, 4.69) is 4.74 Å². The van der Waals surface area contributed by atoms with Gasteiger partial charge in [-0.1, -0.05) is 0 Å². The van der Waals surface area contributed by atoms with Crippen LogP contribution in [0.1, 0.15) is 22.8 Å². The van der Waals surface area contributed by atoms with Gasteiger partial charge in [0, 0.05) is 5.56 Å². The van der Waals surface area contributed by atoms with Crippen molar-refractivity contribution in [1.82, 2.24) is 0 Å². The minimum atomic E-state index is -4.07. The van der Waals surface area contributed by atoms with Crippen molar-refractivity contribution < 1.29 is 22.3 Å². The molecule has 0 fully saturated rings. The van der Waals surface area contributed by atoms with Crippen molar-refractivity contribution in [1.29, 1.82) is 0 Å². The van der Waals surface area contributed by atoms with E-state index >= 15 is 0 Å². The fourth-order valence-electron chi connectivity index (χ4n) is 1.28. The first-order chi connectivity index (χ1) is 7.77. The molecule has 1 aromatic carbocycles. The molecule has 7 heteroatoms. The van der Waals surface area contributed by atoms with Crippen LogP contribution in [0.3, 0.4) is 0 Å². The molecule has 0 aliphatic heterocycles. The zero-order chi connectivity index (χ0) is 13.2. The summed E-state index contributed by atoms with van der Waals surface area (Å²) in [6.07, 6.45) is 0. The van der Waals surface area contributed by atoms with Gasteiger partial charge in [0.2, 0.25) is 10.0 Å². The molecule has 1 rings (SSSR count). The number of nitrogens with two attached hydrogens (primary N) is 1. The van der Waals surface area contributed by atoms with E-state index in [1.165, 1.54) is 6.92 Å². The van der Waals surface area contributed by atoms with Crippen LogP contribution < -0.4 is 5.14 Å². The van der Waals surface area contributed by atoms with Crippen LogP contribution in [0, 0.1) is 12.7 Å². The molecule has 0 saturated carbocycles. The number of halogens is 1. The van der Waals surface area contributed by atoms with Crippen LogP contribution in [0.2, 0.25) is 0 Å². The number of primary sulfonamides is 1. The highest BCUT2D eigenvalue weighted by Gasteiger charge is 2.19. The SMILES string of the molecule is CCOC(=O)c1cc(F)c(C)c(S(N)(=O)=O)c1. The fourth-order valence-corrected chi connectivity index (χ4v) is 2.10. The summed E-state index contributed by atoms with van der Waals surface area (Å²) < 4.78 is 40.5. The van der Waals surface area contributed by atoms with Gasteiger partial charge in [-0.15, -0.1) is 0 Å². The average Bonchev–Trinajstić information content (AvgIpc) is 2.20. The number of esters is 1. The third-order valence-corrected chi connectivity index (χ3v) is 3.15. The van der Waals surface area contributed by atoms with Gasteiger partial charge in [-0.2, -0.15) is 0 Å². The normalized spacial score (nSPS) is 11.3. The van der Waals surface area contributed by atoms with E-state index in [4.69, 9.17) is 5.14 Å². The molecule has 0 amide bonds. The molecule has 0 spiro atoms. The zero-order valence-corrected chi connectivity index (χ0v) is 10.2. The molecular weight excluding hydrogens is 249 g/mol. The van der Waals surface area contributed by atoms with Gasteiger partial charge in [0.05, 0.1) is 17.1 Å². The number of hydrogen-bond acceptors (Lipinski definition) is 4. The van der Waals surface area contributed by atoms with E-state index in [1.54, 1.807) is 6.92 Å². The summed E-state index contributed by atoms with van der Waals surface area (Å²) >= 11 is 0. The van der Waals surface area contributed by atoms with Gasteiger partial charge >= 0.3 is 5.97 Å². The third kappa shape index (κ3) is 3.01. The maximum Gasteiger partial charge on any atom is 0.338 e. The van der Waals surface area contributed by atoms with Crippen LogP contribution in [-0.2, 0) is 14.8 Å². The van der Waals surface area contributed by atoms with Crippen LogP contribution in [0.15, 0.2) is 17.0 Å². The molecule has 0 atom stereocenters. The highest BCUT2D eigenvalue weighted by Crippen LogP contribution is 2.20. The topological polar surface area (TPSA) is 86.5 Å². The minimum absolute atomic E-state index is 0.110. The maximum absolute atomic E-state index is 13.4. The van der Waals surface area contributed by atoms with E-state index < -0.39 is 26.7 Å². The Morgan fingerprint density at radius 3 is 2.53 bits per heavy atom. The molecule has 1 aromatic rings. The monoisotopic (exact) mass is 261 g/mol. The van der Waals surface area contributed by atoms with Crippen molar-refractivity contribution in [3.63, 3.8) is 0 Å². The first kappa shape index (κ1) is 13.6. The largest absolute Gasteiger partial charge is 0.462 e.